The molecule has 6 heteroatoms. The fraction of sp³-hybridized carbons (Fsp3) is 0.154. The minimum Gasteiger partial charge on any atom is -0.475 e. The van der Waals surface area contributed by atoms with Gasteiger partial charge < -0.3 is 9.52 Å². The summed E-state index contributed by atoms with van der Waals surface area (Å²) in [5.41, 5.74) is 0.841. The first-order chi connectivity index (χ1) is 8.97. The van der Waals surface area contributed by atoms with Crippen molar-refractivity contribution in [1.29, 1.82) is 0 Å². The van der Waals surface area contributed by atoms with E-state index in [9.17, 15) is 4.79 Å². The summed E-state index contributed by atoms with van der Waals surface area (Å²) < 4.78 is 5.15. The van der Waals surface area contributed by atoms with E-state index in [4.69, 9.17) is 32.7 Å². The molecule has 0 atom stereocenters. The van der Waals surface area contributed by atoms with Crippen LogP contribution < -0.4 is 0 Å². The Labute approximate surface area is 124 Å². The third kappa shape index (κ3) is 3.47. The molecule has 1 aromatic heterocycles. The second kappa shape index (κ2) is 5.90. The van der Waals surface area contributed by atoms with Crippen LogP contribution in [-0.4, -0.2) is 11.1 Å². The third-order valence-electron chi connectivity index (χ3n) is 2.51. The Morgan fingerprint density at radius 1 is 1.37 bits per heavy atom. The number of aromatic carboxylic acids is 1. The van der Waals surface area contributed by atoms with E-state index in [0.29, 0.717) is 21.6 Å². The molecule has 2 rings (SSSR count). The number of aryl methyl sites for hydroxylation is 1. The van der Waals surface area contributed by atoms with Crippen molar-refractivity contribution in [3.63, 3.8) is 0 Å². The molecule has 0 amide bonds. The number of carboxylic acid groups (broad SMARTS) is 1. The second-order valence-electron chi connectivity index (χ2n) is 3.86. The maximum absolute atomic E-state index is 10.8. The molecule has 2 aromatic rings. The van der Waals surface area contributed by atoms with Crippen molar-refractivity contribution in [1.82, 2.24) is 0 Å². The minimum absolute atomic E-state index is 0.0460. The molecule has 0 saturated carbocycles. The molecule has 0 aliphatic carbocycles. The van der Waals surface area contributed by atoms with Crippen molar-refractivity contribution in [2.45, 2.75) is 17.6 Å². The Balaban J connectivity index is 2.12. The summed E-state index contributed by atoms with van der Waals surface area (Å²) in [6.45, 7) is 1.74. The summed E-state index contributed by atoms with van der Waals surface area (Å²) in [4.78, 5) is 11.7. The number of benzene rings is 1. The zero-order valence-corrected chi connectivity index (χ0v) is 12.3. The van der Waals surface area contributed by atoms with E-state index < -0.39 is 5.97 Å². The molecule has 3 nitrogen and oxygen atoms in total. The Kier molecular flexibility index (Phi) is 4.45. The topological polar surface area (TPSA) is 50.4 Å². The number of rotatable bonds is 4. The van der Waals surface area contributed by atoms with Gasteiger partial charge in [-0.2, -0.15) is 0 Å². The minimum atomic E-state index is -1.07. The largest absolute Gasteiger partial charge is 0.475 e. The summed E-state index contributed by atoms with van der Waals surface area (Å²) in [5.74, 6) is 0.0819. The Hall–Kier alpha value is -1.10. The summed E-state index contributed by atoms with van der Waals surface area (Å²) >= 11 is 13.4. The average Bonchev–Trinajstić information content (AvgIpc) is 2.70. The number of carboxylic acids is 1. The Morgan fingerprint density at radius 3 is 2.68 bits per heavy atom. The molecule has 1 heterocycles. The van der Waals surface area contributed by atoms with Gasteiger partial charge in [-0.15, -0.1) is 11.8 Å². The Morgan fingerprint density at radius 2 is 2.11 bits per heavy atom. The molecule has 19 heavy (non-hydrogen) atoms. The van der Waals surface area contributed by atoms with E-state index in [2.05, 4.69) is 0 Å². The van der Waals surface area contributed by atoms with Crippen LogP contribution in [0.2, 0.25) is 10.0 Å². The molecule has 0 spiro atoms. The van der Waals surface area contributed by atoms with Crippen LogP contribution >= 0.6 is 35.0 Å². The lowest BCUT2D eigenvalue weighted by molar-refractivity contribution is 0.0661. The van der Waals surface area contributed by atoms with Crippen molar-refractivity contribution in [2.24, 2.45) is 0 Å². The van der Waals surface area contributed by atoms with Crippen molar-refractivity contribution >= 4 is 40.9 Å². The van der Waals surface area contributed by atoms with Gasteiger partial charge in [0.2, 0.25) is 5.76 Å². The monoisotopic (exact) mass is 316 g/mol. The van der Waals surface area contributed by atoms with Crippen molar-refractivity contribution < 1.29 is 14.3 Å². The van der Waals surface area contributed by atoms with Crippen LogP contribution in [0.3, 0.4) is 0 Å². The van der Waals surface area contributed by atoms with Gasteiger partial charge in [0.1, 0.15) is 5.76 Å². The summed E-state index contributed by atoms with van der Waals surface area (Å²) in [7, 11) is 0. The van der Waals surface area contributed by atoms with E-state index in [1.165, 1.54) is 17.8 Å². The van der Waals surface area contributed by atoms with Crippen LogP contribution in [0.4, 0.5) is 0 Å². The number of halogens is 2. The number of carbonyl (C=O) groups is 1. The molecule has 100 valence electrons. The predicted molar refractivity (Wildman–Crippen MR) is 76.4 cm³/mol. The molecular weight excluding hydrogens is 307 g/mol. The highest BCUT2D eigenvalue weighted by atomic mass is 35.5. The fourth-order valence-electron chi connectivity index (χ4n) is 1.52. The molecule has 0 fully saturated rings. The summed E-state index contributed by atoms with van der Waals surface area (Å²) in [6, 6.07) is 6.81. The van der Waals surface area contributed by atoms with Crippen LogP contribution in [0.25, 0.3) is 0 Å². The van der Waals surface area contributed by atoms with Crippen molar-refractivity contribution in [3.05, 3.63) is 51.4 Å². The lowest BCUT2D eigenvalue weighted by Gasteiger charge is -2.03. The molecule has 0 radical (unpaired) electrons. The van der Waals surface area contributed by atoms with Crippen LogP contribution in [0, 0.1) is 6.92 Å². The van der Waals surface area contributed by atoms with Gasteiger partial charge in [-0.1, -0.05) is 23.2 Å². The molecule has 0 aliphatic heterocycles. The quantitative estimate of drug-likeness (QED) is 0.816. The van der Waals surface area contributed by atoms with Gasteiger partial charge in [0.25, 0.3) is 0 Å². The fourth-order valence-corrected chi connectivity index (χ4v) is 3.05. The summed E-state index contributed by atoms with van der Waals surface area (Å²) in [6.07, 6.45) is 0. The van der Waals surface area contributed by atoms with Gasteiger partial charge in [-0.3, -0.25) is 0 Å². The normalized spacial score (nSPS) is 10.7. The first-order valence-electron chi connectivity index (χ1n) is 5.38. The van der Waals surface area contributed by atoms with Gasteiger partial charge in [0.05, 0.1) is 5.02 Å². The van der Waals surface area contributed by atoms with Gasteiger partial charge >= 0.3 is 5.97 Å². The van der Waals surface area contributed by atoms with Gasteiger partial charge in [-0.25, -0.2) is 4.79 Å². The second-order valence-corrected chi connectivity index (χ2v) is 5.72. The number of thioether (sulfide) groups is 1. The maximum atomic E-state index is 10.8. The zero-order chi connectivity index (χ0) is 14.0. The first kappa shape index (κ1) is 14.3. The van der Waals surface area contributed by atoms with E-state index in [0.717, 1.165) is 10.5 Å². The number of hydrogen-bond acceptors (Lipinski definition) is 3. The van der Waals surface area contributed by atoms with Gasteiger partial charge in [0.15, 0.2) is 0 Å². The first-order valence-corrected chi connectivity index (χ1v) is 7.12. The Bertz CT molecular complexity index is 622. The smallest absolute Gasteiger partial charge is 0.371 e. The molecule has 1 aromatic carbocycles. The summed E-state index contributed by atoms with van der Waals surface area (Å²) in [5, 5.41) is 10.0. The molecule has 1 N–H and O–H groups in total. The van der Waals surface area contributed by atoms with E-state index in [1.807, 2.05) is 6.07 Å². The maximum Gasteiger partial charge on any atom is 0.371 e. The lowest BCUT2D eigenvalue weighted by Crippen LogP contribution is -1.91. The van der Waals surface area contributed by atoms with Crippen LogP contribution in [0.1, 0.15) is 21.9 Å². The van der Waals surface area contributed by atoms with Crippen LogP contribution in [0.5, 0.6) is 0 Å². The van der Waals surface area contributed by atoms with Gasteiger partial charge in [0, 0.05) is 21.2 Å². The van der Waals surface area contributed by atoms with Gasteiger partial charge in [-0.05, 0) is 31.2 Å². The molecule has 0 bridgehead atoms. The molecule has 0 aliphatic rings. The highest BCUT2D eigenvalue weighted by Gasteiger charge is 2.13. The van der Waals surface area contributed by atoms with Crippen molar-refractivity contribution in [2.75, 3.05) is 0 Å². The molecule has 0 unspecified atom stereocenters. The number of hydrogen-bond donors (Lipinski definition) is 1. The van der Waals surface area contributed by atoms with E-state index >= 15 is 0 Å². The zero-order valence-electron chi connectivity index (χ0n) is 9.94. The average molecular weight is 317 g/mol. The third-order valence-corrected chi connectivity index (χ3v) is 4.29. The SMILES string of the molecule is Cc1oc(C(=O)O)cc1CSc1ccc(Cl)cc1Cl. The van der Waals surface area contributed by atoms with E-state index in [-0.39, 0.29) is 5.76 Å². The molecular formula is C13H10Cl2O3S. The van der Waals surface area contributed by atoms with Crippen LogP contribution in [-0.2, 0) is 5.75 Å². The number of furan rings is 1. The lowest BCUT2D eigenvalue weighted by atomic mass is 10.3. The van der Waals surface area contributed by atoms with E-state index in [1.54, 1.807) is 19.1 Å². The highest BCUT2D eigenvalue weighted by Crippen LogP contribution is 2.32. The molecule has 0 saturated heterocycles. The van der Waals surface area contributed by atoms with Crippen LogP contribution in [0.15, 0.2) is 33.6 Å². The predicted octanol–water partition coefficient (Wildman–Crippen LogP) is 4.89. The van der Waals surface area contributed by atoms with Crippen molar-refractivity contribution in [3.8, 4) is 0 Å². The highest BCUT2D eigenvalue weighted by molar-refractivity contribution is 7.98. The standard InChI is InChI=1S/C13H10Cl2O3S/c1-7-8(4-11(18-7)13(16)17)6-19-12-3-2-9(14)5-10(12)15/h2-5H,6H2,1H3,(H,16,17).